The molecule has 1 aliphatic rings. The minimum Gasteiger partial charge on any atom is -0.418 e. The van der Waals surface area contributed by atoms with Gasteiger partial charge in [-0.15, -0.1) is 21.5 Å². The van der Waals surface area contributed by atoms with Crippen LogP contribution < -0.4 is 0 Å². The summed E-state index contributed by atoms with van der Waals surface area (Å²) in [5, 5.41) is 10.4. The zero-order valence-corrected chi connectivity index (χ0v) is 15.6. The number of hydrogen-bond acceptors (Lipinski definition) is 6. The second-order valence-corrected chi connectivity index (χ2v) is 7.54. The largest absolute Gasteiger partial charge is 0.418 e. The molecule has 3 aromatic heterocycles. The molecule has 0 N–H and O–H groups in total. The Labute approximate surface area is 155 Å². The van der Waals surface area contributed by atoms with Crippen LogP contribution >= 0.6 is 11.3 Å². The second-order valence-electron chi connectivity index (χ2n) is 6.63. The highest BCUT2D eigenvalue weighted by molar-refractivity contribution is 7.12. The molecule has 0 radical (unpaired) electrons. The van der Waals surface area contributed by atoms with E-state index >= 15 is 0 Å². The lowest BCUT2D eigenvalue weighted by Crippen LogP contribution is -2.38. The van der Waals surface area contributed by atoms with Gasteiger partial charge in [0, 0.05) is 18.4 Å². The van der Waals surface area contributed by atoms with Crippen molar-refractivity contribution in [1.82, 2.24) is 20.1 Å². The molecule has 4 rings (SSSR count). The number of rotatable bonds is 3. The number of piperidine rings is 1. The third-order valence-electron chi connectivity index (χ3n) is 4.59. The maximum atomic E-state index is 12.9. The number of aryl methyl sites for hydroxylation is 2. The zero-order chi connectivity index (χ0) is 18.1. The van der Waals surface area contributed by atoms with Gasteiger partial charge in [0.05, 0.1) is 10.4 Å². The first-order chi connectivity index (χ1) is 12.6. The fourth-order valence-electron chi connectivity index (χ4n) is 3.20. The molecule has 0 aromatic carbocycles. The predicted octanol–water partition coefficient (Wildman–Crippen LogP) is 4.18. The maximum absolute atomic E-state index is 12.9. The molecule has 6 nitrogen and oxygen atoms in total. The van der Waals surface area contributed by atoms with Crippen molar-refractivity contribution in [2.24, 2.45) is 0 Å². The normalized spacial score (nSPS) is 17.5. The summed E-state index contributed by atoms with van der Waals surface area (Å²) in [4.78, 5) is 19.9. The first-order valence-electron chi connectivity index (χ1n) is 8.74. The Kier molecular flexibility index (Phi) is 4.55. The molecule has 1 aliphatic heterocycles. The summed E-state index contributed by atoms with van der Waals surface area (Å²) >= 11 is 1.49. The van der Waals surface area contributed by atoms with E-state index in [0.29, 0.717) is 18.3 Å². The zero-order valence-electron chi connectivity index (χ0n) is 14.8. The number of thiophene rings is 1. The third-order valence-corrected chi connectivity index (χ3v) is 5.63. The molecule has 0 saturated carbocycles. The Morgan fingerprint density at radius 1 is 1.27 bits per heavy atom. The molecule has 134 valence electrons. The molecule has 1 saturated heterocycles. The first kappa shape index (κ1) is 16.9. The molecule has 7 heteroatoms. The lowest BCUT2D eigenvalue weighted by atomic mass is 10.0. The number of aromatic nitrogens is 3. The molecular formula is C19H20N4O2S. The van der Waals surface area contributed by atoms with Crippen molar-refractivity contribution in [2.45, 2.75) is 39.2 Å². The van der Waals surface area contributed by atoms with Crippen LogP contribution in [-0.2, 0) is 0 Å². The van der Waals surface area contributed by atoms with Crippen molar-refractivity contribution in [3.05, 3.63) is 51.8 Å². The molecule has 0 bridgehead atoms. The number of amides is 1. The van der Waals surface area contributed by atoms with Gasteiger partial charge in [-0.1, -0.05) is 0 Å². The highest BCUT2D eigenvalue weighted by Gasteiger charge is 2.33. The van der Waals surface area contributed by atoms with Crippen LogP contribution in [0, 0.1) is 13.8 Å². The first-order valence-corrected chi connectivity index (χ1v) is 9.62. The van der Waals surface area contributed by atoms with Crippen LogP contribution in [0.5, 0.6) is 0 Å². The number of carbonyl (C=O) groups excluding carboxylic acids is 1. The van der Waals surface area contributed by atoms with Crippen molar-refractivity contribution in [1.29, 1.82) is 0 Å². The van der Waals surface area contributed by atoms with Gasteiger partial charge < -0.3 is 9.32 Å². The van der Waals surface area contributed by atoms with Crippen LogP contribution in [0.25, 0.3) is 11.5 Å². The van der Waals surface area contributed by atoms with E-state index in [9.17, 15) is 4.79 Å². The Balaban J connectivity index is 1.60. The predicted molar refractivity (Wildman–Crippen MR) is 99.0 cm³/mol. The monoisotopic (exact) mass is 368 g/mol. The standard InChI is InChI=1S/C19H20N4O2S/c1-12-9-16(26-11-12)19(24)23-8-4-3-5-15(23)18-22-21-17(25-18)14-7-6-13(2)20-10-14/h6-7,9-11,15H,3-5,8H2,1-2H3. The molecular weight excluding hydrogens is 348 g/mol. The van der Waals surface area contributed by atoms with Crippen LogP contribution in [0.4, 0.5) is 0 Å². The summed E-state index contributed by atoms with van der Waals surface area (Å²) in [5.74, 6) is 0.990. The van der Waals surface area contributed by atoms with Gasteiger partial charge in [0.2, 0.25) is 11.8 Å². The van der Waals surface area contributed by atoms with E-state index in [1.54, 1.807) is 6.20 Å². The van der Waals surface area contributed by atoms with Gasteiger partial charge in [-0.25, -0.2) is 0 Å². The summed E-state index contributed by atoms with van der Waals surface area (Å²) in [7, 11) is 0. The molecule has 4 heterocycles. The SMILES string of the molecule is Cc1csc(C(=O)N2CCCCC2c2nnc(-c3ccc(C)nc3)o2)c1. The molecule has 3 aromatic rings. The van der Waals surface area contributed by atoms with E-state index in [2.05, 4.69) is 15.2 Å². The van der Waals surface area contributed by atoms with Gasteiger partial charge in [0.25, 0.3) is 5.91 Å². The molecule has 0 spiro atoms. The lowest BCUT2D eigenvalue weighted by Gasteiger charge is -2.33. The summed E-state index contributed by atoms with van der Waals surface area (Å²) in [6.45, 7) is 4.64. The van der Waals surface area contributed by atoms with Crippen molar-refractivity contribution >= 4 is 17.2 Å². The topological polar surface area (TPSA) is 72.1 Å². The Bertz CT molecular complexity index is 916. The van der Waals surface area contributed by atoms with Gasteiger partial charge in [-0.2, -0.15) is 0 Å². The summed E-state index contributed by atoms with van der Waals surface area (Å²) in [5.41, 5.74) is 2.83. The molecule has 26 heavy (non-hydrogen) atoms. The van der Waals surface area contributed by atoms with Gasteiger partial charge in [0.15, 0.2) is 0 Å². The third kappa shape index (κ3) is 3.26. The van der Waals surface area contributed by atoms with E-state index in [0.717, 1.165) is 41.0 Å². The Hall–Kier alpha value is -2.54. The van der Waals surface area contributed by atoms with Gasteiger partial charge >= 0.3 is 0 Å². The summed E-state index contributed by atoms with van der Waals surface area (Å²) < 4.78 is 5.92. The van der Waals surface area contributed by atoms with Gasteiger partial charge in [-0.3, -0.25) is 9.78 Å². The number of likely N-dealkylation sites (tertiary alicyclic amines) is 1. The van der Waals surface area contributed by atoms with E-state index < -0.39 is 0 Å². The van der Waals surface area contributed by atoms with Crippen molar-refractivity contribution in [3.8, 4) is 11.5 Å². The minimum atomic E-state index is -0.168. The molecule has 1 fully saturated rings. The molecule has 0 aliphatic carbocycles. The number of pyridine rings is 1. The van der Waals surface area contributed by atoms with E-state index in [4.69, 9.17) is 4.42 Å². The molecule has 1 atom stereocenters. The van der Waals surface area contributed by atoms with E-state index in [1.807, 2.05) is 42.3 Å². The average molecular weight is 368 g/mol. The van der Waals surface area contributed by atoms with Crippen molar-refractivity contribution in [2.75, 3.05) is 6.54 Å². The Morgan fingerprint density at radius 2 is 2.15 bits per heavy atom. The highest BCUT2D eigenvalue weighted by atomic mass is 32.1. The van der Waals surface area contributed by atoms with E-state index in [1.165, 1.54) is 11.3 Å². The van der Waals surface area contributed by atoms with Crippen LogP contribution in [0.2, 0.25) is 0 Å². The Morgan fingerprint density at radius 3 is 2.88 bits per heavy atom. The van der Waals surface area contributed by atoms with Crippen LogP contribution in [-0.4, -0.2) is 32.5 Å². The number of carbonyl (C=O) groups is 1. The average Bonchev–Trinajstić information content (AvgIpc) is 3.31. The smallest absolute Gasteiger partial charge is 0.264 e. The summed E-state index contributed by atoms with van der Waals surface area (Å²) in [6.07, 6.45) is 4.60. The van der Waals surface area contributed by atoms with Crippen molar-refractivity contribution < 1.29 is 9.21 Å². The number of nitrogens with zero attached hydrogens (tertiary/aromatic N) is 4. The van der Waals surface area contributed by atoms with Crippen LogP contribution in [0.15, 0.2) is 34.2 Å². The molecule has 1 amide bonds. The summed E-state index contributed by atoms with van der Waals surface area (Å²) in [6, 6.07) is 5.60. The highest BCUT2D eigenvalue weighted by Crippen LogP contribution is 2.33. The number of hydrogen-bond donors (Lipinski definition) is 0. The van der Waals surface area contributed by atoms with Crippen molar-refractivity contribution in [3.63, 3.8) is 0 Å². The van der Waals surface area contributed by atoms with Crippen LogP contribution in [0.3, 0.4) is 0 Å². The molecule has 1 unspecified atom stereocenters. The van der Waals surface area contributed by atoms with E-state index in [-0.39, 0.29) is 11.9 Å². The lowest BCUT2D eigenvalue weighted by molar-refractivity contribution is 0.0577. The fraction of sp³-hybridized carbons (Fsp3) is 0.368. The van der Waals surface area contributed by atoms with Gasteiger partial charge in [0.1, 0.15) is 6.04 Å². The van der Waals surface area contributed by atoms with Gasteiger partial charge in [-0.05, 0) is 62.3 Å². The maximum Gasteiger partial charge on any atom is 0.264 e. The quantitative estimate of drug-likeness (QED) is 0.693. The second kappa shape index (κ2) is 6.99. The van der Waals surface area contributed by atoms with Crippen LogP contribution in [0.1, 0.15) is 52.1 Å². The fourth-order valence-corrected chi connectivity index (χ4v) is 4.05. The minimum absolute atomic E-state index is 0.0459.